The molecule has 0 N–H and O–H groups in total. The van der Waals surface area contributed by atoms with Gasteiger partial charge < -0.3 is 14.1 Å². The summed E-state index contributed by atoms with van der Waals surface area (Å²) in [6, 6.07) is 29.3. The minimum atomic E-state index is -0.159. The predicted octanol–water partition coefficient (Wildman–Crippen LogP) is 9.68. The Hall–Kier alpha value is -4.08. The van der Waals surface area contributed by atoms with Crippen LogP contribution in [0.15, 0.2) is 83.5 Å². The van der Waals surface area contributed by atoms with Gasteiger partial charge in [0.25, 0.3) is 0 Å². The first-order valence-electron chi connectivity index (χ1n) is 14.2. The molecule has 216 valence electrons. The fraction of sp³-hybridized carbons (Fsp3) is 0.216. The van der Waals surface area contributed by atoms with E-state index in [0.717, 1.165) is 60.9 Å². The summed E-state index contributed by atoms with van der Waals surface area (Å²) in [5.74, 6) is 1.27. The molecule has 0 amide bonds. The van der Waals surface area contributed by atoms with Gasteiger partial charge in [0.05, 0.1) is 16.3 Å². The quantitative estimate of drug-likeness (QED) is 0.133. The minimum absolute atomic E-state index is 0. The summed E-state index contributed by atoms with van der Waals surface area (Å²) >= 11 is 0. The van der Waals surface area contributed by atoms with Crippen LogP contribution in [0.2, 0.25) is 0 Å². The summed E-state index contributed by atoms with van der Waals surface area (Å²) in [4.78, 5) is 14.2. The van der Waals surface area contributed by atoms with Crippen LogP contribution in [0.5, 0.6) is 11.5 Å². The van der Waals surface area contributed by atoms with Crippen molar-refractivity contribution < 1.29 is 30.2 Å². The van der Waals surface area contributed by atoms with Gasteiger partial charge in [0.2, 0.25) is 5.71 Å². The largest absolute Gasteiger partial charge is 2.00 e. The Morgan fingerprint density at radius 1 is 0.744 bits per heavy atom. The van der Waals surface area contributed by atoms with Crippen molar-refractivity contribution in [2.75, 3.05) is 0 Å². The van der Waals surface area contributed by atoms with Gasteiger partial charge in [-0.1, -0.05) is 89.6 Å². The van der Waals surface area contributed by atoms with Crippen LogP contribution in [-0.2, 0) is 31.9 Å². The smallest absolute Gasteiger partial charge is 0.496 e. The number of benzene rings is 3. The molecule has 0 aliphatic rings. The second-order valence-corrected chi connectivity index (χ2v) is 12.9. The molecule has 0 spiro atoms. The van der Waals surface area contributed by atoms with Crippen LogP contribution in [0, 0.1) is 12.1 Å². The summed E-state index contributed by atoms with van der Waals surface area (Å²) in [6.45, 7) is 13.1. The second kappa shape index (κ2) is 10.6. The summed E-state index contributed by atoms with van der Waals surface area (Å²) in [6.07, 6.45) is 3.68. The van der Waals surface area contributed by atoms with Gasteiger partial charge >= 0.3 is 21.1 Å². The molecule has 0 aliphatic heterocycles. The molecule has 0 bridgehead atoms. The molecule has 0 fully saturated rings. The first-order chi connectivity index (χ1) is 20.0. The molecule has 4 heterocycles. The molecule has 3 aromatic carbocycles. The van der Waals surface area contributed by atoms with Gasteiger partial charge in [0.15, 0.2) is 0 Å². The number of furan rings is 1. The number of ether oxygens (including phenoxy) is 1. The van der Waals surface area contributed by atoms with Crippen LogP contribution < -0.4 is 4.74 Å². The van der Waals surface area contributed by atoms with E-state index >= 15 is 0 Å². The van der Waals surface area contributed by atoms with E-state index in [2.05, 4.69) is 94.0 Å². The number of nitrogens with zero attached hydrogens (tertiary/aromatic N) is 3. The van der Waals surface area contributed by atoms with Gasteiger partial charge in [0, 0.05) is 23.9 Å². The van der Waals surface area contributed by atoms with Crippen LogP contribution in [-0.4, -0.2) is 15.0 Å². The molecular formula is C37H31N3O2Pt. The van der Waals surface area contributed by atoms with E-state index in [1.165, 1.54) is 0 Å². The molecule has 5 nitrogen and oxygen atoms in total. The third-order valence-electron chi connectivity index (χ3n) is 7.68. The summed E-state index contributed by atoms with van der Waals surface area (Å²) in [5.41, 5.74) is 7.47. The van der Waals surface area contributed by atoms with Crippen molar-refractivity contribution in [2.24, 2.45) is 0 Å². The third-order valence-corrected chi connectivity index (χ3v) is 7.68. The van der Waals surface area contributed by atoms with E-state index in [0.29, 0.717) is 17.2 Å². The molecule has 0 unspecified atom stereocenters. The normalized spacial score (nSPS) is 12.2. The van der Waals surface area contributed by atoms with Crippen molar-refractivity contribution in [1.29, 1.82) is 0 Å². The summed E-state index contributed by atoms with van der Waals surface area (Å²) in [5, 5.41) is 2.99. The van der Waals surface area contributed by atoms with Gasteiger partial charge in [0.1, 0.15) is 5.58 Å². The molecule has 43 heavy (non-hydrogen) atoms. The molecular weight excluding hydrogens is 714 g/mol. The molecule has 0 saturated heterocycles. The maximum Gasteiger partial charge on any atom is 2.00 e. The van der Waals surface area contributed by atoms with Crippen molar-refractivity contribution in [3.63, 3.8) is 0 Å². The Kier molecular flexibility index (Phi) is 7.13. The van der Waals surface area contributed by atoms with Crippen LogP contribution in [0.3, 0.4) is 0 Å². The summed E-state index contributed by atoms with van der Waals surface area (Å²) < 4.78 is 12.9. The van der Waals surface area contributed by atoms with E-state index in [-0.39, 0.29) is 31.9 Å². The monoisotopic (exact) mass is 744 g/mol. The topological polar surface area (TPSA) is 61.0 Å². The molecule has 6 heteroatoms. The fourth-order valence-electron chi connectivity index (χ4n) is 5.41. The van der Waals surface area contributed by atoms with E-state index in [1.54, 1.807) is 6.20 Å². The number of rotatable bonds is 4. The zero-order chi connectivity index (χ0) is 29.2. The zero-order valence-electron chi connectivity index (χ0n) is 25.0. The number of aromatic nitrogens is 3. The Bertz CT molecular complexity index is 2090. The van der Waals surface area contributed by atoms with Gasteiger partial charge in [-0.2, -0.15) is 0 Å². The maximum atomic E-state index is 6.68. The van der Waals surface area contributed by atoms with Crippen LogP contribution in [0.25, 0.3) is 55.5 Å². The molecule has 4 aromatic heterocycles. The van der Waals surface area contributed by atoms with Crippen molar-refractivity contribution in [3.8, 4) is 34.0 Å². The molecule has 0 saturated carbocycles. The average molecular weight is 745 g/mol. The average Bonchev–Trinajstić information content (AvgIpc) is 3.35. The second-order valence-electron chi connectivity index (χ2n) is 12.9. The Labute approximate surface area is 266 Å². The zero-order valence-corrected chi connectivity index (χ0v) is 27.3. The van der Waals surface area contributed by atoms with E-state index in [9.17, 15) is 0 Å². The number of pyridine rings is 3. The van der Waals surface area contributed by atoms with E-state index in [1.807, 2.05) is 42.6 Å². The van der Waals surface area contributed by atoms with Gasteiger partial charge in [-0.25, -0.2) is 0 Å². The third kappa shape index (κ3) is 5.32. The Balaban J connectivity index is 0.00000329. The molecule has 7 rings (SSSR count). The van der Waals surface area contributed by atoms with Crippen LogP contribution >= 0.6 is 0 Å². The van der Waals surface area contributed by atoms with Crippen molar-refractivity contribution in [1.82, 2.24) is 15.0 Å². The molecule has 7 aromatic rings. The first-order valence-corrected chi connectivity index (χ1v) is 14.2. The Morgan fingerprint density at radius 2 is 1.58 bits per heavy atom. The maximum absolute atomic E-state index is 6.68. The van der Waals surface area contributed by atoms with Crippen molar-refractivity contribution in [3.05, 3.63) is 102 Å². The van der Waals surface area contributed by atoms with Crippen LogP contribution in [0.1, 0.15) is 52.7 Å². The predicted molar refractivity (Wildman–Crippen MR) is 168 cm³/mol. The minimum Gasteiger partial charge on any atom is -0.496 e. The molecule has 0 atom stereocenters. The standard InChI is InChI=1S/C37H31N3O2.Pt/c1-36(2,3)25-16-23(30-18-24-21-39-29-11-9-12-31-34(29)33(24)35(40-30)42-31)17-26(20-25)41-32-19-22(28-10-7-8-15-38-28)13-14-27(32)37(4,5)6;/h7-16,18,20-21H,1-6H3;/q-2;+2. The number of hydrogen-bond donors (Lipinski definition) is 0. The number of hydrogen-bond acceptors (Lipinski definition) is 5. The molecule has 0 aliphatic carbocycles. The van der Waals surface area contributed by atoms with Crippen molar-refractivity contribution >= 4 is 33.0 Å². The molecule has 0 radical (unpaired) electrons. The van der Waals surface area contributed by atoms with Gasteiger partial charge in [-0.15, -0.1) is 34.9 Å². The van der Waals surface area contributed by atoms with E-state index < -0.39 is 0 Å². The van der Waals surface area contributed by atoms with E-state index in [4.69, 9.17) is 14.1 Å². The van der Waals surface area contributed by atoms with Crippen molar-refractivity contribution in [2.45, 2.75) is 52.4 Å². The van der Waals surface area contributed by atoms with Crippen LogP contribution in [0.4, 0.5) is 0 Å². The van der Waals surface area contributed by atoms with Gasteiger partial charge in [-0.05, 0) is 45.8 Å². The fourth-order valence-corrected chi connectivity index (χ4v) is 5.41. The SMILES string of the molecule is CC(C)(C)c1cc(Oc2[c-]c(-c3ccccn3)ccc2C(C)(C)C)[c-]c(-c2cc3cnc4cccc5oc(n2)c3c45)c1.[Pt+2]. The first kappa shape index (κ1) is 29.0. The summed E-state index contributed by atoms with van der Waals surface area (Å²) in [7, 11) is 0. The van der Waals surface area contributed by atoms with Gasteiger partial charge in [-0.3, -0.25) is 9.97 Å². The Morgan fingerprint density at radius 3 is 2.33 bits per heavy atom.